The summed E-state index contributed by atoms with van der Waals surface area (Å²) in [7, 11) is 0. The van der Waals surface area contributed by atoms with Crippen molar-refractivity contribution in [1.29, 1.82) is 0 Å². The van der Waals surface area contributed by atoms with E-state index in [2.05, 4.69) is 13.2 Å². The standard InChI is InChI=1S/C25H28ClFO4/c1-12-13(2)24(6)18(10-21(12)30)19(26)9-16-17-7-8-25(14(3)28,31-15(4)29)23(17,5)11-20(27)22(16)24/h9-10,16-17,20,22H,1-2,7-8,11H2,3-6H3/t16-,17-,20?,22+,23-,24-,25-/m0/s1. The molecule has 4 aliphatic carbocycles. The van der Waals surface area contributed by atoms with Crippen LogP contribution in [0.4, 0.5) is 4.39 Å². The SMILES string of the molecule is C=C1C(=C)[C@@]2(C)C(=CC1=O)C(Cl)=C[C@@H]1[C@@H]2C(F)C[C@@]2(C)[C@H]1CC[C@]2(OC(C)=O)C(C)=O. The van der Waals surface area contributed by atoms with Gasteiger partial charge in [0.25, 0.3) is 0 Å². The molecule has 2 fully saturated rings. The first-order chi connectivity index (χ1) is 14.3. The number of fused-ring (bicyclic) bond motifs is 5. The first kappa shape index (κ1) is 22.2. The number of carbonyl (C=O) groups excluding carboxylic acids is 3. The predicted octanol–water partition coefficient (Wildman–Crippen LogP) is 5.03. The van der Waals surface area contributed by atoms with Crippen LogP contribution in [0, 0.1) is 28.6 Å². The van der Waals surface area contributed by atoms with Crippen LogP contribution in [0.25, 0.3) is 0 Å². The summed E-state index contributed by atoms with van der Waals surface area (Å²) in [6, 6.07) is 0. The van der Waals surface area contributed by atoms with Gasteiger partial charge >= 0.3 is 5.97 Å². The molecule has 0 amide bonds. The minimum atomic E-state index is -1.35. The van der Waals surface area contributed by atoms with E-state index in [0.29, 0.717) is 29.0 Å². The zero-order chi connectivity index (χ0) is 23.1. The van der Waals surface area contributed by atoms with Crippen molar-refractivity contribution in [3.05, 3.63) is 47.1 Å². The van der Waals surface area contributed by atoms with Crippen LogP contribution >= 0.6 is 11.6 Å². The van der Waals surface area contributed by atoms with Gasteiger partial charge in [0.15, 0.2) is 17.2 Å². The van der Waals surface area contributed by atoms with Crippen molar-refractivity contribution in [1.82, 2.24) is 0 Å². The molecule has 31 heavy (non-hydrogen) atoms. The Labute approximate surface area is 187 Å². The summed E-state index contributed by atoms with van der Waals surface area (Å²) in [4.78, 5) is 37.1. The number of rotatable bonds is 2. The molecule has 166 valence electrons. The third-order valence-electron chi connectivity index (χ3n) is 8.71. The van der Waals surface area contributed by atoms with Gasteiger partial charge in [-0.1, -0.05) is 44.7 Å². The maximum Gasteiger partial charge on any atom is 0.303 e. The monoisotopic (exact) mass is 446 g/mol. The highest BCUT2D eigenvalue weighted by Gasteiger charge is 2.70. The Morgan fingerprint density at radius 2 is 1.90 bits per heavy atom. The van der Waals surface area contributed by atoms with Crippen molar-refractivity contribution in [2.45, 2.75) is 58.7 Å². The lowest BCUT2D eigenvalue weighted by molar-refractivity contribution is -0.189. The molecule has 2 saturated carbocycles. The number of ether oxygens (including phenoxy) is 1. The summed E-state index contributed by atoms with van der Waals surface area (Å²) in [6.07, 6.45) is 3.03. The molecule has 4 nitrogen and oxygen atoms in total. The van der Waals surface area contributed by atoms with Crippen molar-refractivity contribution in [3.8, 4) is 0 Å². The third-order valence-corrected chi connectivity index (χ3v) is 9.04. The second-order valence-electron chi connectivity index (χ2n) is 9.96. The van der Waals surface area contributed by atoms with E-state index in [0.717, 1.165) is 0 Å². The maximum atomic E-state index is 16.2. The Kier molecular flexibility index (Phi) is 4.83. The predicted molar refractivity (Wildman–Crippen MR) is 116 cm³/mol. The van der Waals surface area contributed by atoms with Gasteiger partial charge in [-0.25, -0.2) is 4.39 Å². The third kappa shape index (κ3) is 2.62. The number of esters is 1. The van der Waals surface area contributed by atoms with E-state index in [-0.39, 0.29) is 35.4 Å². The van der Waals surface area contributed by atoms with E-state index in [1.165, 1.54) is 19.9 Å². The van der Waals surface area contributed by atoms with Crippen LogP contribution in [-0.4, -0.2) is 29.3 Å². The molecule has 4 aliphatic rings. The number of Topliss-reactive ketones (excluding diaryl/α,β-unsaturated/α-hetero) is 1. The van der Waals surface area contributed by atoms with Crippen LogP contribution in [0.1, 0.15) is 47.0 Å². The molecule has 0 N–H and O–H groups in total. The molecule has 0 aromatic heterocycles. The highest BCUT2D eigenvalue weighted by Crippen LogP contribution is 2.69. The van der Waals surface area contributed by atoms with E-state index in [1.807, 2.05) is 19.9 Å². The molecule has 0 bridgehead atoms. The molecule has 4 rings (SSSR count). The molecule has 1 unspecified atom stereocenters. The van der Waals surface area contributed by atoms with Gasteiger partial charge in [-0.2, -0.15) is 0 Å². The van der Waals surface area contributed by atoms with Gasteiger partial charge in [0.1, 0.15) is 6.17 Å². The summed E-state index contributed by atoms with van der Waals surface area (Å²) < 4.78 is 21.9. The fraction of sp³-hybridized carbons (Fsp3) is 0.560. The molecular weight excluding hydrogens is 419 g/mol. The van der Waals surface area contributed by atoms with Gasteiger partial charge < -0.3 is 4.74 Å². The molecule has 0 radical (unpaired) electrons. The molecule has 0 saturated heterocycles. The average Bonchev–Trinajstić information content (AvgIpc) is 2.94. The highest BCUT2D eigenvalue weighted by atomic mass is 35.5. The lowest BCUT2D eigenvalue weighted by atomic mass is 9.46. The largest absolute Gasteiger partial charge is 0.451 e. The van der Waals surface area contributed by atoms with Gasteiger partial charge in [0, 0.05) is 34.3 Å². The fourth-order valence-corrected chi connectivity index (χ4v) is 7.59. The van der Waals surface area contributed by atoms with Gasteiger partial charge in [-0.05, 0) is 55.2 Å². The van der Waals surface area contributed by atoms with Gasteiger partial charge in [-0.3, -0.25) is 14.4 Å². The summed E-state index contributed by atoms with van der Waals surface area (Å²) in [6.45, 7) is 14.5. The van der Waals surface area contributed by atoms with E-state index in [9.17, 15) is 14.4 Å². The van der Waals surface area contributed by atoms with Crippen molar-refractivity contribution in [2.24, 2.45) is 28.6 Å². The number of hydrogen-bond donors (Lipinski definition) is 0. The topological polar surface area (TPSA) is 60.4 Å². The second-order valence-corrected chi connectivity index (χ2v) is 10.4. The minimum Gasteiger partial charge on any atom is -0.451 e. The molecule has 0 heterocycles. The zero-order valence-corrected chi connectivity index (χ0v) is 19.1. The number of alkyl halides is 1. The Morgan fingerprint density at radius 3 is 2.48 bits per heavy atom. The van der Waals surface area contributed by atoms with E-state index >= 15 is 4.39 Å². The van der Waals surface area contributed by atoms with Crippen molar-refractivity contribution < 1.29 is 23.5 Å². The summed E-state index contributed by atoms with van der Waals surface area (Å²) in [5.41, 5.74) is -1.72. The Bertz CT molecular complexity index is 1010. The molecule has 6 heteroatoms. The number of hydrogen-bond acceptors (Lipinski definition) is 4. The van der Waals surface area contributed by atoms with Crippen LogP contribution in [0.5, 0.6) is 0 Å². The quantitative estimate of drug-likeness (QED) is 0.440. The Balaban J connectivity index is 1.89. The minimum absolute atomic E-state index is 0.0771. The van der Waals surface area contributed by atoms with Crippen LogP contribution in [0.15, 0.2) is 47.1 Å². The van der Waals surface area contributed by atoms with Gasteiger partial charge in [0.05, 0.1) is 0 Å². The van der Waals surface area contributed by atoms with Gasteiger partial charge in [0.2, 0.25) is 0 Å². The number of ketones is 2. The van der Waals surface area contributed by atoms with Crippen LogP contribution in [-0.2, 0) is 19.1 Å². The van der Waals surface area contributed by atoms with Crippen molar-refractivity contribution in [2.75, 3.05) is 0 Å². The molecular formula is C25H28ClFO4. The number of allylic oxidation sites excluding steroid dienone is 6. The summed E-state index contributed by atoms with van der Waals surface area (Å²) in [5.74, 6) is -1.96. The fourth-order valence-electron chi connectivity index (χ4n) is 7.20. The van der Waals surface area contributed by atoms with Crippen molar-refractivity contribution >= 4 is 29.1 Å². The summed E-state index contributed by atoms with van der Waals surface area (Å²) in [5, 5.41) is 0.412. The normalized spacial score (nSPS) is 44.0. The zero-order valence-electron chi connectivity index (χ0n) is 18.4. The number of carbonyl (C=O) groups is 3. The summed E-state index contributed by atoms with van der Waals surface area (Å²) >= 11 is 6.67. The maximum absolute atomic E-state index is 16.2. The van der Waals surface area contributed by atoms with Crippen LogP contribution in [0.2, 0.25) is 0 Å². The average molecular weight is 447 g/mol. The lowest BCUT2D eigenvalue weighted by Crippen LogP contribution is -2.61. The second kappa shape index (κ2) is 6.74. The lowest BCUT2D eigenvalue weighted by Gasteiger charge is -2.59. The van der Waals surface area contributed by atoms with Crippen LogP contribution < -0.4 is 0 Å². The van der Waals surface area contributed by atoms with Crippen molar-refractivity contribution in [3.63, 3.8) is 0 Å². The molecule has 0 aromatic rings. The molecule has 7 atom stereocenters. The van der Waals surface area contributed by atoms with E-state index < -0.39 is 34.5 Å². The van der Waals surface area contributed by atoms with Gasteiger partial charge in [-0.15, -0.1) is 0 Å². The number of halogens is 2. The highest BCUT2D eigenvalue weighted by molar-refractivity contribution is 6.33. The Morgan fingerprint density at radius 1 is 1.26 bits per heavy atom. The molecule has 0 aliphatic heterocycles. The van der Waals surface area contributed by atoms with E-state index in [1.54, 1.807) is 0 Å². The molecule has 0 spiro atoms. The molecule has 0 aromatic carbocycles. The first-order valence-electron chi connectivity index (χ1n) is 10.7. The smallest absolute Gasteiger partial charge is 0.303 e. The van der Waals surface area contributed by atoms with E-state index in [4.69, 9.17) is 16.3 Å². The Hall–Kier alpha value is -2.01. The van der Waals surface area contributed by atoms with Crippen LogP contribution in [0.3, 0.4) is 0 Å². The first-order valence-corrected chi connectivity index (χ1v) is 11.1.